The number of ether oxygens (including phenoxy) is 3. The van der Waals surface area contributed by atoms with E-state index in [9.17, 15) is 24.3 Å². The molecule has 4 atom stereocenters. The molecule has 0 radical (unpaired) electrons. The Kier molecular flexibility index (Phi) is 26.4. The van der Waals surface area contributed by atoms with E-state index < -0.39 is 48.1 Å². The van der Waals surface area contributed by atoms with Gasteiger partial charge >= 0.3 is 17.6 Å². The van der Waals surface area contributed by atoms with E-state index in [4.69, 9.17) is 19.9 Å². The normalized spacial score (nSPS) is 18.0. The van der Waals surface area contributed by atoms with E-state index in [1.54, 1.807) is 0 Å². The number of nitrogens with zero attached hydrogens (tertiary/aromatic N) is 2. The Morgan fingerprint density at radius 1 is 0.727 bits per heavy atom. The molecule has 0 aliphatic carbocycles. The molecule has 0 bridgehead atoms. The smallest absolute Gasteiger partial charge is 0.351 e. The Labute approximate surface area is 331 Å². The average molecular weight is 777 g/mol. The fraction of sp³-hybridized carbons (Fsp3) is 0.837. The van der Waals surface area contributed by atoms with Gasteiger partial charge < -0.3 is 30.4 Å². The van der Waals surface area contributed by atoms with E-state index >= 15 is 0 Å². The van der Waals surface area contributed by atoms with Crippen molar-refractivity contribution in [1.29, 1.82) is 0 Å². The summed E-state index contributed by atoms with van der Waals surface area (Å²) in [6.07, 6.45) is 27.7. The first-order valence-corrected chi connectivity index (χ1v) is 22.0. The Morgan fingerprint density at radius 3 is 1.58 bits per heavy atom. The lowest BCUT2D eigenvalue weighted by atomic mass is 10.0. The van der Waals surface area contributed by atoms with E-state index in [1.165, 1.54) is 129 Å². The van der Waals surface area contributed by atoms with Crippen molar-refractivity contribution < 1.29 is 33.7 Å². The van der Waals surface area contributed by atoms with Crippen molar-refractivity contribution in [1.82, 2.24) is 9.55 Å². The van der Waals surface area contributed by atoms with Crippen molar-refractivity contribution in [2.45, 2.75) is 225 Å². The number of unbranched alkanes of at least 4 members (excludes halogenated alkanes) is 24. The minimum absolute atomic E-state index is 0.0616. The molecule has 1 fully saturated rings. The van der Waals surface area contributed by atoms with Crippen LogP contribution in [0.2, 0.25) is 0 Å². The second-order valence-corrected chi connectivity index (χ2v) is 15.6. The van der Waals surface area contributed by atoms with Crippen LogP contribution in [0.4, 0.5) is 11.5 Å². The molecule has 1 aliphatic heterocycles. The Balaban J connectivity index is 1.81. The first-order chi connectivity index (χ1) is 26.7. The molecule has 12 nitrogen and oxygen atoms in total. The number of nitrogens with one attached hydrogen (secondary N) is 1. The lowest BCUT2D eigenvalue weighted by Gasteiger charge is -2.21. The summed E-state index contributed by atoms with van der Waals surface area (Å²) in [5, 5.41) is 13.8. The fourth-order valence-electron chi connectivity index (χ4n) is 7.21. The van der Waals surface area contributed by atoms with E-state index in [0.29, 0.717) is 12.8 Å². The number of esters is 2. The molecule has 0 spiro atoms. The highest BCUT2D eigenvalue weighted by atomic mass is 16.6. The minimum atomic E-state index is -1.48. The number of rotatable bonds is 33. The van der Waals surface area contributed by atoms with Crippen LogP contribution in [0.1, 0.15) is 207 Å². The lowest BCUT2D eigenvalue weighted by molar-refractivity contribution is -0.160. The minimum Gasteiger partial charge on any atom is -0.463 e. The number of aliphatic hydroxyl groups excluding tert-OH is 1. The largest absolute Gasteiger partial charge is 0.463 e. The van der Waals surface area contributed by atoms with Crippen molar-refractivity contribution in [3.8, 4) is 0 Å². The van der Waals surface area contributed by atoms with Crippen LogP contribution in [0.15, 0.2) is 11.0 Å². The molecule has 0 aromatic carbocycles. The molecular formula is C43H76N4O8. The molecule has 1 aliphatic rings. The van der Waals surface area contributed by atoms with Crippen molar-refractivity contribution in [2.24, 2.45) is 0 Å². The van der Waals surface area contributed by atoms with E-state index in [2.05, 4.69) is 24.1 Å². The molecule has 1 amide bonds. The van der Waals surface area contributed by atoms with Gasteiger partial charge in [-0.25, -0.2) is 4.79 Å². The third kappa shape index (κ3) is 21.2. The van der Waals surface area contributed by atoms with Crippen molar-refractivity contribution in [2.75, 3.05) is 17.7 Å². The quantitative estimate of drug-likeness (QED) is 0.0461. The van der Waals surface area contributed by atoms with Gasteiger partial charge in [-0.05, 0) is 12.8 Å². The predicted molar refractivity (Wildman–Crippen MR) is 219 cm³/mol. The number of anilines is 2. The highest BCUT2D eigenvalue weighted by Crippen LogP contribution is 2.32. The molecule has 55 heavy (non-hydrogen) atoms. The summed E-state index contributed by atoms with van der Waals surface area (Å²) in [6, 6.07) is 0. The van der Waals surface area contributed by atoms with Crippen molar-refractivity contribution in [3.63, 3.8) is 0 Å². The van der Waals surface area contributed by atoms with Crippen LogP contribution >= 0.6 is 0 Å². The molecule has 2 heterocycles. The Bertz CT molecular complexity index is 1260. The van der Waals surface area contributed by atoms with E-state index in [-0.39, 0.29) is 31.0 Å². The molecule has 1 aromatic rings. The zero-order valence-electron chi connectivity index (χ0n) is 34.7. The molecule has 12 heteroatoms. The maximum atomic E-state index is 13.0. The van der Waals surface area contributed by atoms with Gasteiger partial charge in [0.15, 0.2) is 18.1 Å². The summed E-state index contributed by atoms with van der Waals surface area (Å²) < 4.78 is 18.3. The summed E-state index contributed by atoms with van der Waals surface area (Å²) in [6.45, 7) is 5.50. The fourth-order valence-corrected chi connectivity index (χ4v) is 7.21. The molecule has 316 valence electrons. The average Bonchev–Trinajstić information content (AvgIpc) is 3.45. The highest BCUT2D eigenvalue weighted by Gasteiger charge is 2.48. The third-order valence-electron chi connectivity index (χ3n) is 10.5. The number of nitrogens with two attached hydrogens (primary N) is 1. The highest BCUT2D eigenvalue weighted by molar-refractivity contribution is 5.91. The standard InChI is InChI=1S/C43H76N4O8/c1-4-6-8-10-12-14-16-18-20-22-24-26-28-30-37(49)53-33-36-40(39(51)42(54-36)47-32-35(45-34(3)48)41(44)46-43(47)52)55-38(50)31-29-27-25-23-21-19-17-15-13-11-9-7-5-2/h32,36,39-40,42,51H,4-31,33H2,1-3H3,(H,45,48)(H2,44,46,52)/t36-,39+,40-,42-/m1/s1. The van der Waals surface area contributed by atoms with Gasteiger partial charge in [0, 0.05) is 26.0 Å². The van der Waals surface area contributed by atoms with Crippen LogP contribution in [0, 0.1) is 0 Å². The maximum absolute atomic E-state index is 13.0. The first kappa shape index (κ1) is 48.2. The summed E-state index contributed by atoms with van der Waals surface area (Å²) in [7, 11) is 0. The summed E-state index contributed by atoms with van der Waals surface area (Å²) in [5.74, 6) is -1.52. The van der Waals surface area contributed by atoms with Crippen LogP contribution in [0.3, 0.4) is 0 Å². The number of carbonyl (C=O) groups excluding carboxylic acids is 3. The van der Waals surface area contributed by atoms with E-state index in [1.807, 2.05) is 0 Å². The first-order valence-electron chi connectivity index (χ1n) is 22.0. The summed E-state index contributed by atoms with van der Waals surface area (Å²) in [4.78, 5) is 54.0. The molecule has 4 N–H and O–H groups in total. The van der Waals surface area contributed by atoms with Gasteiger partial charge in [0.2, 0.25) is 5.91 Å². The zero-order chi connectivity index (χ0) is 40.1. The van der Waals surface area contributed by atoms with Gasteiger partial charge in [-0.15, -0.1) is 0 Å². The molecule has 0 saturated carbocycles. The van der Waals surface area contributed by atoms with Gasteiger partial charge in [-0.2, -0.15) is 4.98 Å². The van der Waals surface area contributed by atoms with Crippen LogP contribution in [-0.4, -0.2) is 57.4 Å². The molecule has 1 saturated heterocycles. The maximum Gasteiger partial charge on any atom is 0.351 e. The van der Waals surface area contributed by atoms with Crippen molar-refractivity contribution >= 4 is 29.4 Å². The van der Waals surface area contributed by atoms with Crippen LogP contribution in [0.5, 0.6) is 0 Å². The summed E-state index contributed by atoms with van der Waals surface area (Å²) in [5.41, 5.74) is 5.07. The number of nitrogen functional groups attached to an aromatic ring is 1. The van der Waals surface area contributed by atoms with Gasteiger partial charge in [-0.3, -0.25) is 19.0 Å². The number of aliphatic hydroxyl groups is 1. The van der Waals surface area contributed by atoms with Crippen molar-refractivity contribution in [3.05, 3.63) is 16.7 Å². The number of hydrogen-bond acceptors (Lipinski definition) is 10. The molecule has 2 rings (SSSR count). The predicted octanol–water partition coefficient (Wildman–Crippen LogP) is 9.46. The number of amides is 1. The molecular weight excluding hydrogens is 700 g/mol. The van der Waals surface area contributed by atoms with Crippen LogP contribution in [-0.2, 0) is 28.6 Å². The van der Waals surface area contributed by atoms with E-state index in [0.717, 1.165) is 43.1 Å². The van der Waals surface area contributed by atoms with Gasteiger partial charge in [0.1, 0.15) is 24.5 Å². The molecule has 1 aromatic heterocycles. The summed E-state index contributed by atoms with van der Waals surface area (Å²) >= 11 is 0. The number of carbonyl (C=O) groups is 3. The van der Waals surface area contributed by atoms with Gasteiger partial charge in [-0.1, -0.05) is 168 Å². The Morgan fingerprint density at radius 2 is 1.15 bits per heavy atom. The Hall–Kier alpha value is -2.99. The number of hydrogen-bond donors (Lipinski definition) is 3. The third-order valence-corrected chi connectivity index (χ3v) is 10.5. The van der Waals surface area contributed by atoms with Crippen LogP contribution in [0.25, 0.3) is 0 Å². The topological polar surface area (TPSA) is 172 Å². The number of aromatic nitrogens is 2. The molecule has 0 unspecified atom stereocenters. The van der Waals surface area contributed by atoms with Gasteiger partial charge in [0.25, 0.3) is 0 Å². The second kappa shape index (κ2) is 30.2. The van der Waals surface area contributed by atoms with Crippen LogP contribution < -0.4 is 16.7 Å². The zero-order valence-corrected chi connectivity index (χ0v) is 34.7. The second-order valence-electron chi connectivity index (χ2n) is 15.6. The van der Waals surface area contributed by atoms with Gasteiger partial charge in [0.05, 0.1) is 0 Å². The monoisotopic (exact) mass is 777 g/mol. The lowest BCUT2D eigenvalue weighted by Crippen LogP contribution is -2.40. The SMILES string of the molecule is CCCCCCCCCCCCCCCC(=O)OC[C@H]1O[C@@H](n2cc(NC(C)=O)c(N)nc2=O)[C@@H](O)[C@@H]1OC(=O)CCCCCCCCCCCCCCC.